The maximum Gasteiger partial charge on any atom is 0.334 e. The van der Waals surface area contributed by atoms with Gasteiger partial charge in [-0.05, 0) is 36.3 Å². The maximum absolute atomic E-state index is 12.9. The molecular formula is C21H24ClNO5. The molecule has 1 aromatic carbocycles. The molecule has 1 saturated heterocycles. The highest BCUT2D eigenvalue weighted by molar-refractivity contribution is 6.30. The first-order valence-electron chi connectivity index (χ1n) is 9.14. The monoisotopic (exact) mass is 405 g/mol. The zero-order valence-corrected chi connectivity index (χ0v) is 17.0. The van der Waals surface area contributed by atoms with E-state index in [1.54, 1.807) is 12.1 Å². The van der Waals surface area contributed by atoms with Gasteiger partial charge in [-0.15, -0.1) is 0 Å². The molecule has 0 saturated carbocycles. The number of benzene rings is 1. The fourth-order valence-corrected chi connectivity index (χ4v) is 4.02. The Balaban J connectivity index is 2.17. The molecule has 1 heterocycles. The Hall–Kier alpha value is -2.31. The summed E-state index contributed by atoms with van der Waals surface area (Å²) in [6.07, 6.45) is 1.89. The number of morpholine rings is 1. The van der Waals surface area contributed by atoms with Crippen molar-refractivity contribution in [3.05, 3.63) is 57.8 Å². The lowest BCUT2D eigenvalue weighted by Gasteiger charge is -2.40. The Morgan fingerprint density at radius 3 is 2.32 bits per heavy atom. The molecule has 0 bridgehead atoms. The topological polar surface area (TPSA) is 65.1 Å². The van der Waals surface area contributed by atoms with Crippen LogP contribution in [0, 0.1) is 5.92 Å². The van der Waals surface area contributed by atoms with Crippen molar-refractivity contribution in [3.8, 4) is 0 Å². The number of ether oxygens (including phenoxy) is 3. The number of carbonyl (C=O) groups is 2. The van der Waals surface area contributed by atoms with Crippen molar-refractivity contribution in [1.29, 1.82) is 0 Å². The van der Waals surface area contributed by atoms with E-state index < -0.39 is 23.8 Å². The fraction of sp³-hybridized carbons (Fsp3) is 0.429. The summed E-state index contributed by atoms with van der Waals surface area (Å²) in [5.41, 5.74) is 2.87. The SMILES string of the molecule is COC(=O)C1=C(C)C=C(N2CCOCC2)[C@@H](C(=O)OC)[C@H]1c1ccc(Cl)cc1. The van der Waals surface area contributed by atoms with E-state index in [1.165, 1.54) is 14.2 Å². The van der Waals surface area contributed by atoms with Gasteiger partial charge in [0.1, 0.15) is 5.92 Å². The van der Waals surface area contributed by atoms with Crippen LogP contribution >= 0.6 is 11.6 Å². The molecule has 0 radical (unpaired) electrons. The molecule has 28 heavy (non-hydrogen) atoms. The van der Waals surface area contributed by atoms with Crippen molar-refractivity contribution in [3.63, 3.8) is 0 Å². The van der Waals surface area contributed by atoms with Gasteiger partial charge in [-0.3, -0.25) is 4.79 Å². The molecule has 0 aromatic heterocycles. The standard InChI is InChI=1S/C21H24ClNO5/c1-13-12-16(23-8-10-28-11-9-23)19(21(25)27-3)18(17(13)20(24)26-2)14-4-6-15(22)7-5-14/h4-7,12,18-19H,8-11H2,1-3H3/t18-,19+/m0/s1. The molecular weight excluding hydrogens is 382 g/mol. The number of esters is 2. The summed E-state index contributed by atoms with van der Waals surface area (Å²) in [4.78, 5) is 27.7. The van der Waals surface area contributed by atoms with Crippen LogP contribution in [0.5, 0.6) is 0 Å². The van der Waals surface area contributed by atoms with Gasteiger partial charge in [0, 0.05) is 35.3 Å². The molecule has 150 valence electrons. The van der Waals surface area contributed by atoms with Gasteiger partial charge in [0.05, 0.1) is 27.4 Å². The lowest BCUT2D eigenvalue weighted by atomic mass is 9.73. The van der Waals surface area contributed by atoms with Gasteiger partial charge in [0.2, 0.25) is 0 Å². The number of nitrogens with zero attached hydrogens (tertiary/aromatic N) is 1. The van der Waals surface area contributed by atoms with Crippen LogP contribution in [-0.2, 0) is 23.8 Å². The summed E-state index contributed by atoms with van der Waals surface area (Å²) < 4.78 is 15.6. The average Bonchev–Trinajstić information content (AvgIpc) is 2.73. The third kappa shape index (κ3) is 3.93. The van der Waals surface area contributed by atoms with E-state index in [-0.39, 0.29) is 0 Å². The van der Waals surface area contributed by atoms with Crippen LogP contribution in [0.25, 0.3) is 0 Å². The maximum atomic E-state index is 12.9. The summed E-state index contributed by atoms with van der Waals surface area (Å²) in [6.45, 7) is 4.39. The normalized spacial score (nSPS) is 22.6. The van der Waals surface area contributed by atoms with Gasteiger partial charge >= 0.3 is 11.9 Å². The van der Waals surface area contributed by atoms with Crippen molar-refractivity contribution in [2.45, 2.75) is 12.8 Å². The minimum Gasteiger partial charge on any atom is -0.468 e. The number of carbonyl (C=O) groups excluding carboxylic acids is 2. The highest BCUT2D eigenvalue weighted by atomic mass is 35.5. The largest absolute Gasteiger partial charge is 0.468 e. The number of halogens is 1. The summed E-state index contributed by atoms with van der Waals surface area (Å²) >= 11 is 6.05. The average molecular weight is 406 g/mol. The van der Waals surface area contributed by atoms with Crippen LogP contribution in [0.3, 0.4) is 0 Å². The van der Waals surface area contributed by atoms with Gasteiger partial charge < -0.3 is 19.1 Å². The molecule has 0 spiro atoms. The number of hydrogen-bond acceptors (Lipinski definition) is 6. The zero-order chi connectivity index (χ0) is 20.3. The van der Waals surface area contributed by atoms with Crippen LogP contribution in [0.1, 0.15) is 18.4 Å². The Morgan fingerprint density at radius 2 is 1.75 bits per heavy atom. The van der Waals surface area contributed by atoms with E-state index in [0.29, 0.717) is 36.9 Å². The number of allylic oxidation sites excluding steroid dienone is 2. The lowest BCUT2D eigenvalue weighted by Crippen LogP contribution is -2.43. The minimum atomic E-state index is -0.665. The Bertz CT molecular complexity index is 809. The van der Waals surface area contributed by atoms with E-state index in [2.05, 4.69) is 4.90 Å². The van der Waals surface area contributed by atoms with Crippen LogP contribution in [0.2, 0.25) is 5.02 Å². The fourth-order valence-electron chi connectivity index (χ4n) is 3.89. The van der Waals surface area contributed by atoms with Crippen molar-refractivity contribution in [2.24, 2.45) is 5.92 Å². The third-order valence-electron chi connectivity index (χ3n) is 5.22. The molecule has 2 aliphatic rings. The van der Waals surface area contributed by atoms with Crippen LogP contribution in [0.4, 0.5) is 0 Å². The zero-order valence-electron chi connectivity index (χ0n) is 16.2. The molecule has 3 rings (SSSR count). The molecule has 1 aromatic rings. The summed E-state index contributed by atoms with van der Waals surface area (Å²) in [6, 6.07) is 7.17. The van der Waals surface area contributed by atoms with Gasteiger partial charge in [0.15, 0.2) is 0 Å². The van der Waals surface area contributed by atoms with Crippen LogP contribution in [-0.4, -0.2) is 57.4 Å². The Morgan fingerprint density at radius 1 is 1.11 bits per heavy atom. The highest BCUT2D eigenvalue weighted by Gasteiger charge is 2.44. The Kier molecular flexibility index (Phi) is 6.42. The molecule has 2 atom stereocenters. The molecule has 7 heteroatoms. The second-order valence-electron chi connectivity index (χ2n) is 6.79. The molecule has 0 N–H and O–H groups in total. The van der Waals surface area contributed by atoms with Crippen molar-refractivity contribution < 1.29 is 23.8 Å². The van der Waals surface area contributed by atoms with E-state index in [0.717, 1.165) is 16.8 Å². The first-order chi connectivity index (χ1) is 13.5. The predicted molar refractivity (Wildman–Crippen MR) is 105 cm³/mol. The van der Waals surface area contributed by atoms with Crippen molar-refractivity contribution >= 4 is 23.5 Å². The summed E-state index contributed by atoms with van der Waals surface area (Å²) in [5, 5.41) is 0.582. The lowest BCUT2D eigenvalue weighted by molar-refractivity contribution is -0.145. The molecule has 1 aliphatic heterocycles. The molecule has 0 amide bonds. The van der Waals surface area contributed by atoms with Crippen molar-refractivity contribution in [1.82, 2.24) is 4.90 Å². The van der Waals surface area contributed by atoms with E-state index in [9.17, 15) is 9.59 Å². The van der Waals surface area contributed by atoms with E-state index in [4.69, 9.17) is 25.8 Å². The second-order valence-corrected chi connectivity index (χ2v) is 7.22. The molecule has 1 aliphatic carbocycles. The van der Waals surface area contributed by atoms with Crippen LogP contribution < -0.4 is 0 Å². The summed E-state index contributed by atoms with van der Waals surface area (Å²) in [7, 11) is 2.71. The first kappa shape index (κ1) is 20.4. The van der Waals surface area contributed by atoms with Crippen LogP contribution in [0.15, 0.2) is 47.2 Å². The van der Waals surface area contributed by atoms with Crippen molar-refractivity contribution in [2.75, 3.05) is 40.5 Å². The quantitative estimate of drug-likeness (QED) is 0.717. The number of methoxy groups -OCH3 is 2. The van der Waals surface area contributed by atoms with E-state index in [1.807, 2.05) is 25.1 Å². The number of hydrogen-bond donors (Lipinski definition) is 0. The summed E-state index contributed by atoms with van der Waals surface area (Å²) in [5.74, 6) is -2.04. The predicted octanol–water partition coefficient (Wildman–Crippen LogP) is 2.93. The Labute approximate surface area is 169 Å². The van der Waals surface area contributed by atoms with Gasteiger partial charge in [0.25, 0.3) is 0 Å². The van der Waals surface area contributed by atoms with Gasteiger partial charge in [-0.2, -0.15) is 0 Å². The van der Waals surface area contributed by atoms with E-state index >= 15 is 0 Å². The number of rotatable bonds is 4. The highest BCUT2D eigenvalue weighted by Crippen LogP contribution is 2.44. The van der Waals surface area contributed by atoms with Gasteiger partial charge in [-0.25, -0.2) is 4.79 Å². The van der Waals surface area contributed by atoms with Gasteiger partial charge in [-0.1, -0.05) is 23.7 Å². The molecule has 1 fully saturated rings. The molecule has 0 unspecified atom stereocenters. The molecule has 6 nitrogen and oxygen atoms in total. The third-order valence-corrected chi connectivity index (χ3v) is 5.47. The minimum absolute atomic E-state index is 0.397. The smallest absolute Gasteiger partial charge is 0.334 e. The first-order valence-corrected chi connectivity index (χ1v) is 9.52. The second kappa shape index (κ2) is 8.80.